The first-order valence-electron chi connectivity index (χ1n) is 5.48. The molecular formula is C12H18FN3O. The molecule has 0 atom stereocenters. The van der Waals surface area contributed by atoms with Gasteiger partial charge >= 0.3 is 0 Å². The van der Waals surface area contributed by atoms with E-state index in [1.54, 1.807) is 0 Å². The van der Waals surface area contributed by atoms with Crippen molar-refractivity contribution in [2.24, 2.45) is 0 Å². The number of nitrogens with one attached hydrogen (secondary N) is 1. The highest BCUT2D eigenvalue weighted by atomic mass is 19.1. The van der Waals surface area contributed by atoms with Crippen molar-refractivity contribution in [3.05, 3.63) is 29.6 Å². The largest absolute Gasteiger partial charge is 0.399 e. The summed E-state index contributed by atoms with van der Waals surface area (Å²) in [7, 11) is 3.92. The Bertz CT molecular complexity index is 393. The standard InChI is InChI=1S/C12H18FN3O/c1-16(2)7-3-6-15-12(17)10-8-9(14)4-5-11(10)13/h4-5,8H,3,6-7,14H2,1-2H3,(H,15,17). The van der Waals surface area contributed by atoms with E-state index in [4.69, 9.17) is 5.73 Å². The molecule has 17 heavy (non-hydrogen) atoms. The fourth-order valence-corrected chi connectivity index (χ4v) is 1.41. The third kappa shape index (κ3) is 4.40. The van der Waals surface area contributed by atoms with E-state index in [-0.39, 0.29) is 5.56 Å². The maximum Gasteiger partial charge on any atom is 0.254 e. The van der Waals surface area contributed by atoms with Crippen molar-refractivity contribution in [3.8, 4) is 0 Å². The van der Waals surface area contributed by atoms with Crippen LogP contribution in [0.15, 0.2) is 18.2 Å². The lowest BCUT2D eigenvalue weighted by atomic mass is 10.1. The zero-order chi connectivity index (χ0) is 12.8. The molecule has 0 saturated heterocycles. The minimum Gasteiger partial charge on any atom is -0.399 e. The monoisotopic (exact) mass is 239 g/mol. The summed E-state index contributed by atoms with van der Waals surface area (Å²) in [6.07, 6.45) is 0.822. The number of amides is 1. The minimum absolute atomic E-state index is 0.00477. The molecule has 0 unspecified atom stereocenters. The summed E-state index contributed by atoms with van der Waals surface area (Å²) in [6, 6.07) is 3.97. The van der Waals surface area contributed by atoms with Gasteiger partial charge in [-0.05, 0) is 45.3 Å². The van der Waals surface area contributed by atoms with Crippen LogP contribution < -0.4 is 11.1 Å². The van der Waals surface area contributed by atoms with Crippen molar-refractivity contribution in [3.63, 3.8) is 0 Å². The molecule has 1 amide bonds. The second-order valence-electron chi connectivity index (χ2n) is 4.15. The van der Waals surface area contributed by atoms with Crippen LogP contribution in [0.25, 0.3) is 0 Å². The van der Waals surface area contributed by atoms with Crippen LogP contribution in [-0.4, -0.2) is 38.0 Å². The fraction of sp³-hybridized carbons (Fsp3) is 0.417. The van der Waals surface area contributed by atoms with E-state index < -0.39 is 11.7 Å². The number of benzene rings is 1. The van der Waals surface area contributed by atoms with Gasteiger partial charge in [0.25, 0.3) is 5.91 Å². The van der Waals surface area contributed by atoms with Gasteiger partial charge in [0.1, 0.15) is 5.82 Å². The van der Waals surface area contributed by atoms with Gasteiger partial charge in [-0.15, -0.1) is 0 Å². The van der Waals surface area contributed by atoms with Gasteiger partial charge in [-0.1, -0.05) is 0 Å². The number of nitrogens with zero attached hydrogens (tertiary/aromatic N) is 1. The first-order valence-corrected chi connectivity index (χ1v) is 5.48. The number of hydrogen-bond acceptors (Lipinski definition) is 3. The molecule has 0 fully saturated rings. The molecule has 1 aromatic carbocycles. The molecule has 4 nitrogen and oxygen atoms in total. The molecule has 0 saturated carbocycles. The van der Waals surface area contributed by atoms with E-state index in [0.29, 0.717) is 12.2 Å². The molecule has 0 aliphatic carbocycles. The maximum absolute atomic E-state index is 13.3. The molecule has 0 aliphatic heterocycles. The maximum atomic E-state index is 13.3. The van der Waals surface area contributed by atoms with Crippen molar-refractivity contribution < 1.29 is 9.18 Å². The molecule has 1 rings (SSSR count). The highest BCUT2D eigenvalue weighted by Gasteiger charge is 2.11. The molecule has 0 aliphatic rings. The van der Waals surface area contributed by atoms with Gasteiger partial charge in [-0.25, -0.2) is 4.39 Å². The van der Waals surface area contributed by atoms with Crippen molar-refractivity contribution in [1.29, 1.82) is 0 Å². The van der Waals surface area contributed by atoms with Crippen molar-refractivity contribution in [2.75, 3.05) is 32.9 Å². The number of hydrogen-bond donors (Lipinski definition) is 2. The fourth-order valence-electron chi connectivity index (χ4n) is 1.41. The summed E-state index contributed by atoms with van der Waals surface area (Å²) < 4.78 is 13.3. The first-order chi connectivity index (χ1) is 8.00. The third-order valence-electron chi connectivity index (χ3n) is 2.30. The lowest BCUT2D eigenvalue weighted by molar-refractivity contribution is 0.0948. The molecule has 5 heteroatoms. The number of nitrogens with two attached hydrogens (primary N) is 1. The van der Waals surface area contributed by atoms with Crippen LogP contribution in [-0.2, 0) is 0 Å². The van der Waals surface area contributed by atoms with E-state index in [0.717, 1.165) is 13.0 Å². The number of carbonyl (C=O) groups is 1. The van der Waals surface area contributed by atoms with Gasteiger partial charge < -0.3 is 16.0 Å². The minimum atomic E-state index is -0.552. The first kappa shape index (κ1) is 13.4. The highest BCUT2D eigenvalue weighted by molar-refractivity contribution is 5.95. The lowest BCUT2D eigenvalue weighted by Crippen LogP contribution is -2.27. The molecule has 0 bridgehead atoms. The van der Waals surface area contributed by atoms with Crippen LogP contribution in [0.3, 0.4) is 0 Å². The second kappa shape index (κ2) is 6.20. The Morgan fingerprint density at radius 1 is 1.47 bits per heavy atom. The average Bonchev–Trinajstić information content (AvgIpc) is 2.27. The highest BCUT2D eigenvalue weighted by Crippen LogP contribution is 2.11. The Kier molecular flexibility index (Phi) is 4.90. The Balaban J connectivity index is 2.49. The van der Waals surface area contributed by atoms with Gasteiger partial charge in [0.2, 0.25) is 0 Å². The predicted molar refractivity (Wildman–Crippen MR) is 66.3 cm³/mol. The van der Waals surface area contributed by atoms with Crippen molar-refractivity contribution in [1.82, 2.24) is 10.2 Å². The van der Waals surface area contributed by atoms with Crippen LogP contribution in [0.4, 0.5) is 10.1 Å². The van der Waals surface area contributed by atoms with Gasteiger partial charge in [0.05, 0.1) is 5.56 Å². The zero-order valence-corrected chi connectivity index (χ0v) is 10.2. The molecule has 0 heterocycles. The molecule has 94 valence electrons. The van der Waals surface area contributed by atoms with Gasteiger partial charge in [-0.3, -0.25) is 4.79 Å². The molecule has 0 spiro atoms. The predicted octanol–water partition coefficient (Wildman–Crippen LogP) is 1.09. The molecule has 3 N–H and O–H groups in total. The topological polar surface area (TPSA) is 58.4 Å². The summed E-state index contributed by atoms with van der Waals surface area (Å²) in [6.45, 7) is 1.39. The Labute approximate surface area is 101 Å². The summed E-state index contributed by atoms with van der Waals surface area (Å²) in [4.78, 5) is 13.7. The van der Waals surface area contributed by atoms with Crippen LogP contribution in [0.1, 0.15) is 16.8 Å². The number of anilines is 1. The van der Waals surface area contributed by atoms with Crippen LogP contribution in [0, 0.1) is 5.82 Å². The summed E-state index contributed by atoms with van der Waals surface area (Å²) in [5.74, 6) is -0.974. The van der Waals surface area contributed by atoms with E-state index in [1.165, 1.54) is 18.2 Å². The number of rotatable bonds is 5. The van der Waals surface area contributed by atoms with Crippen LogP contribution >= 0.6 is 0 Å². The smallest absolute Gasteiger partial charge is 0.254 e. The second-order valence-corrected chi connectivity index (χ2v) is 4.15. The average molecular weight is 239 g/mol. The Morgan fingerprint density at radius 3 is 2.82 bits per heavy atom. The van der Waals surface area contributed by atoms with Gasteiger partial charge in [-0.2, -0.15) is 0 Å². The number of halogens is 1. The Morgan fingerprint density at radius 2 is 2.18 bits per heavy atom. The summed E-state index contributed by atoms with van der Waals surface area (Å²) in [5, 5.41) is 2.66. The van der Waals surface area contributed by atoms with Gasteiger partial charge in [0, 0.05) is 12.2 Å². The SMILES string of the molecule is CN(C)CCCNC(=O)c1cc(N)ccc1F. The third-order valence-corrected chi connectivity index (χ3v) is 2.30. The van der Waals surface area contributed by atoms with Crippen molar-refractivity contribution >= 4 is 11.6 Å². The molecular weight excluding hydrogens is 221 g/mol. The zero-order valence-electron chi connectivity index (χ0n) is 10.2. The normalized spacial score (nSPS) is 10.6. The quantitative estimate of drug-likeness (QED) is 0.597. The van der Waals surface area contributed by atoms with E-state index in [1.807, 2.05) is 19.0 Å². The van der Waals surface area contributed by atoms with Crippen LogP contribution in [0.5, 0.6) is 0 Å². The Hall–Kier alpha value is -1.62. The van der Waals surface area contributed by atoms with Crippen molar-refractivity contribution in [2.45, 2.75) is 6.42 Å². The van der Waals surface area contributed by atoms with E-state index >= 15 is 0 Å². The van der Waals surface area contributed by atoms with Crippen LogP contribution in [0.2, 0.25) is 0 Å². The molecule has 0 aromatic heterocycles. The van der Waals surface area contributed by atoms with E-state index in [2.05, 4.69) is 5.32 Å². The summed E-state index contributed by atoms with van der Waals surface area (Å²) >= 11 is 0. The molecule has 1 aromatic rings. The summed E-state index contributed by atoms with van der Waals surface area (Å²) in [5.41, 5.74) is 5.88. The number of nitrogen functional groups attached to an aromatic ring is 1. The number of carbonyl (C=O) groups excluding carboxylic acids is 1. The molecule has 0 radical (unpaired) electrons. The lowest BCUT2D eigenvalue weighted by Gasteiger charge is -2.10. The van der Waals surface area contributed by atoms with Gasteiger partial charge in [0.15, 0.2) is 0 Å². The van der Waals surface area contributed by atoms with E-state index in [9.17, 15) is 9.18 Å².